The van der Waals surface area contributed by atoms with Crippen molar-refractivity contribution in [3.05, 3.63) is 65.5 Å². The van der Waals surface area contributed by atoms with Crippen LogP contribution in [0.3, 0.4) is 0 Å². The lowest BCUT2D eigenvalue weighted by atomic mass is 10.1. The molecule has 1 saturated heterocycles. The molecular formula is C19H24FN2O3S+. The Morgan fingerprint density at radius 2 is 1.77 bits per heavy atom. The van der Waals surface area contributed by atoms with Crippen molar-refractivity contribution in [2.24, 2.45) is 0 Å². The Morgan fingerprint density at radius 3 is 2.42 bits per heavy atom. The van der Waals surface area contributed by atoms with Crippen LogP contribution in [0.4, 0.5) is 4.39 Å². The molecule has 0 bridgehead atoms. The fourth-order valence-electron chi connectivity index (χ4n) is 3.09. The summed E-state index contributed by atoms with van der Waals surface area (Å²) in [5.74, 6) is -0.749. The Balaban J connectivity index is 1.87. The van der Waals surface area contributed by atoms with E-state index in [0.717, 1.165) is 30.3 Å². The quantitative estimate of drug-likeness (QED) is 0.789. The minimum Gasteiger partial charge on any atom is -0.370 e. The highest BCUT2D eigenvalue weighted by atomic mass is 32.2. The minimum atomic E-state index is -3.97. The summed E-state index contributed by atoms with van der Waals surface area (Å²) in [7, 11) is -3.97. The molecule has 0 spiro atoms. The molecule has 0 amide bonds. The van der Waals surface area contributed by atoms with E-state index in [4.69, 9.17) is 4.74 Å². The van der Waals surface area contributed by atoms with Crippen molar-refractivity contribution in [1.82, 2.24) is 4.72 Å². The number of rotatable bonds is 6. The van der Waals surface area contributed by atoms with E-state index >= 15 is 0 Å². The van der Waals surface area contributed by atoms with Gasteiger partial charge in [-0.2, -0.15) is 4.72 Å². The molecule has 1 heterocycles. The molecule has 7 heteroatoms. The van der Waals surface area contributed by atoms with E-state index in [-0.39, 0.29) is 4.90 Å². The SMILES string of the molecule is Cc1ccc([C@@H](C[NH+]2CCOCC2)NS(=O)(=O)c2ccccc2F)cc1. The molecule has 26 heavy (non-hydrogen) atoms. The van der Waals surface area contributed by atoms with Gasteiger partial charge in [-0.05, 0) is 24.6 Å². The van der Waals surface area contributed by atoms with Crippen molar-refractivity contribution in [3.8, 4) is 0 Å². The van der Waals surface area contributed by atoms with Gasteiger partial charge in [-0.15, -0.1) is 0 Å². The second-order valence-corrected chi connectivity index (χ2v) is 8.26. The summed E-state index contributed by atoms with van der Waals surface area (Å²) in [5.41, 5.74) is 1.97. The third-order valence-corrected chi connectivity index (χ3v) is 6.10. The molecule has 1 atom stereocenters. The lowest BCUT2D eigenvalue weighted by molar-refractivity contribution is -0.909. The van der Waals surface area contributed by atoms with Crippen LogP contribution in [0.15, 0.2) is 53.4 Å². The van der Waals surface area contributed by atoms with Gasteiger partial charge in [-0.25, -0.2) is 12.8 Å². The molecule has 140 valence electrons. The highest BCUT2D eigenvalue weighted by Crippen LogP contribution is 2.19. The molecule has 0 unspecified atom stereocenters. The van der Waals surface area contributed by atoms with E-state index in [1.807, 2.05) is 31.2 Å². The molecule has 1 fully saturated rings. The molecule has 2 aromatic rings. The zero-order valence-electron chi connectivity index (χ0n) is 14.7. The van der Waals surface area contributed by atoms with Gasteiger partial charge < -0.3 is 9.64 Å². The van der Waals surface area contributed by atoms with Gasteiger partial charge in [0.1, 0.15) is 23.8 Å². The van der Waals surface area contributed by atoms with Crippen molar-refractivity contribution in [3.63, 3.8) is 0 Å². The highest BCUT2D eigenvalue weighted by Gasteiger charge is 2.28. The summed E-state index contributed by atoms with van der Waals surface area (Å²) in [5, 5.41) is 0. The van der Waals surface area contributed by atoms with Gasteiger partial charge in [-0.3, -0.25) is 0 Å². The molecule has 1 aliphatic rings. The van der Waals surface area contributed by atoms with Crippen LogP contribution in [0.25, 0.3) is 0 Å². The van der Waals surface area contributed by atoms with Crippen LogP contribution in [0.5, 0.6) is 0 Å². The van der Waals surface area contributed by atoms with Crippen molar-refractivity contribution in [2.75, 3.05) is 32.8 Å². The van der Waals surface area contributed by atoms with E-state index in [1.54, 1.807) is 0 Å². The van der Waals surface area contributed by atoms with Crippen molar-refractivity contribution >= 4 is 10.0 Å². The van der Waals surface area contributed by atoms with Gasteiger partial charge in [0.2, 0.25) is 10.0 Å². The Kier molecular flexibility index (Phi) is 6.03. The van der Waals surface area contributed by atoms with Gasteiger partial charge in [-0.1, -0.05) is 42.0 Å². The average Bonchev–Trinajstić information content (AvgIpc) is 2.63. The first kappa shape index (κ1) is 19.0. The maximum Gasteiger partial charge on any atom is 0.244 e. The van der Waals surface area contributed by atoms with Crippen LogP contribution < -0.4 is 9.62 Å². The number of ether oxygens (including phenoxy) is 1. The third-order valence-electron chi connectivity index (χ3n) is 4.60. The first-order chi connectivity index (χ1) is 12.5. The topological polar surface area (TPSA) is 59.8 Å². The molecule has 0 saturated carbocycles. The number of quaternary nitrogens is 1. The Hall–Kier alpha value is -1.80. The zero-order chi connectivity index (χ0) is 18.6. The summed E-state index contributed by atoms with van der Waals surface area (Å²) in [6.07, 6.45) is 0. The minimum absolute atomic E-state index is 0.325. The predicted molar refractivity (Wildman–Crippen MR) is 97.0 cm³/mol. The normalized spacial score (nSPS) is 17.2. The summed E-state index contributed by atoms with van der Waals surface area (Å²) < 4.78 is 47.6. The van der Waals surface area contributed by atoms with Crippen LogP contribution >= 0.6 is 0 Å². The van der Waals surface area contributed by atoms with E-state index in [2.05, 4.69) is 4.72 Å². The van der Waals surface area contributed by atoms with Gasteiger partial charge in [0, 0.05) is 0 Å². The molecule has 1 aliphatic heterocycles. The first-order valence-electron chi connectivity index (χ1n) is 8.70. The van der Waals surface area contributed by atoms with Gasteiger partial charge in [0.05, 0.1) is 25.8 Å². The molecular weight excluding hydrogens is 355 g/mol. The molecule has 2 aromatic carbocycles. The smallest absolute Gasteiger partial charge is 0.244 e. The van der Waals surface area contributed by atoms with Crippen LogP contribution in [0.2, 0.25) is 0 Å². The number of sulfonamides is 1. The van der Waals surface area contributed by atoms with Crippen molar-refractivity contribution in [1.29, 1.82) is 0 Å². The molecule has 2 N–H and O–H groups in total. The van der Waals surface area contributed by atoms with Crippen LogP contribution in [0, 0.1) is 12.7 Å². The van der Waals surface area contributed by atoms with Crippen LogP contribution in [0.1, 0.15) is 17.2 Å². The van der Waals surface area contributed by atoms with Gasteiger partial charge >= 0.3 is 0 Å². The standard InChI is InChI=1S/C19H23FN2O3S/c1-15-6-8-16(9-7-15)18(14-22-10-12-25-13-11-22)21-26(23,24)19-5-3-2-4-17(19)20/h2-9,18,21H,10-14H2,1H3/p+1/t18-/m1/s1. The lowest BCUT2D eigenvalue weighted by Crippen LogP contribution is -3.14. The fourth-order valence-corrected chi connectivity index (χ4v) is 4.40. The Labute approximate surface area is 153 Å². The fraction of sp³-hybridized carbons (Fsp3) is 0.368. The maximum atomic E-state index is 14.0. The highest BCUT2D eigenvalue weighted by molar-refractivity contribution is 7.89. The largest absolute Gasteiger partial charge is 0.370 e. The number of nitrogens with one attached hydrogen (secondary N) is 2. The van der Waals surface area contributed by atoms with Crippen LogP contribution in [-0.2, 0) is 14.8 Å². The first-order valence-corrected chi connectivity index (χ1v) is 10.2. The van der Waals surface area contributed by atoms with Crippen molar-refractivity contribution in [2.45, 2.75) is 17.9 Å². The number of benzene rings is 2. The van der Waals surface area contributed by atoms with E-state index in [0.29, 0.717) is 19.8 Å². The summed E-state index contributed by atoms with van der Waals surface area (Å²) in [6.45, 7) is 5.54. The average molecular weight is 379 g/mol. The number of morpholine rings is 1. The van der Waals surface area contributed by atoms with E-state index in [9.17, 15) is 12.8 Å². The number of hydrogen-bond donors (Lipinski definition) is 2. The monoisotopic (exact) mass is 379 g/mol. The Morgan fingerprint density at radius 1 is 1.12 bits per heavy atom. The molecule has 5 nitrogen and oxygen atoms in total. The number of halogens is 1. The molecule has 0 aromatic heterocycles. The maximum absolute atomic E-state index is 14.0. The van der Waals surface area contributed by atoms with Crippen molar-refractivity contribution < 1.29 is 22.4 Å². The number of hydrogen-bond acceptors (Lipinski definition) is 3. The number of aryl methyl sites for hydroxylation is 1. The zero-order valence-corrected chi connectivity index (χ0v) is 15.6. The second kappa shape index (κ2) is 8.26. The van der Waals surface area contributed by atoms with Gasteiger partial charge in [0.15, 0.2) is 0 Å². The van der Waals surface area contributed by atoms with E-state index in [1.165, 1.54) is 23.1 Å². The summed E-state index contributed by atoms with van der Waals surface area (Å²) in [4.78, 5) is 0.937. The summed E-state index contributed by atoms with van der Waals surface area (Å²) >= 11 is 0. The van der Waals surface area contributed by atoms with Gasteiger partial charge in [0.25, 0.3) is 0 Å². The van der Waals surface area contributed by atoms with E-state index < -0.39 is 21.9 Å². The second-order valence-electron chi connectivity index (χ2n) is 6.58. The third kappa shape index (κ3) is 4.67. The van der Waals surface area contributed by atoms with Crippen LogP contribution in [-0.4, -0.2) is 41.3 Å². The molecule has 0 radical (unpaired) electrons. The predicted octanol–water partition coefficient (Wildman–Crippen LogP) is 1.07. The lowest BCUT2D eigenvalue weighted by Gasteiger charge is -2.28. The summed E-state index contributed by atoms with van der Waals surface area (Å²) in [6, 6.07) is 12.7. The Bertz CT molecular complexity index is 834. The molecule has 3 rings (SSSR count). The molecule has 0 aliphatic carbocycles.